The van der Waals surface area contributed by atoms with E-state index in [9.17, 15) is 0 Å². The Kier molecular flexibility index (Phi) is 7.28. The highest BCUT2D eigenvalue weighted by molar-refractivity contribution is 5.88. The molecule has 232 valence electrons. The van der Waals surface area contributed by atoms with Gasteiger partial charge in [0, 0.05) is 11.6 Å². The summed E-state index contributed by atoms with van der Waals surface area (Å²) in [6.45, 7) is 0. The monoisotopic (exact) mass is 618 g/mol. The van der Waals surface area contributed by atoms with Crippen LogP contribution in [-0.2, 0) is 6.42 Å². The fourth-order valence-corrected chi connectivity index (χ4v) is 8.15. The van der Waals surface area contributed by atoms with Crippen molar-refractivity contribution < 1.29 is 0 Å². The van der Waals surface area contributed by atoms with E-state index in [1.165, 1.54) is 79.2 Å². The van der Waals surface area contributed by atoms with Gasteiger partial charge in [0.1, 0.15) is 6.17 Å². The maximum atomic E-state index is 3.88. The molecule has 0 spiro atoms. The third kappa shape index (κ3) is 5.05. The van der Waals surface area contributed by atoms with Gasteiger partial charge in [0.25, 0.3) is 0 Å². The second kappa shape index (κ2) is 12.2. The third-order valence-electron chi connectivity index (χ3n) is 10.3. The van der Waals surface area contributed by atoms with Gasteiger partial charge in [-0.3, -0.25) is 0 Å². The Morgan fingerprint density at radius 1 is 0.604 bits per heavy atom. The van der Waals surface area contributed by atoms with Crippen LogP contribution in [0.3, 0.4) is 0 Å². The minimum atomic E-state index is -0.0175. The molecule has 0 saturated carbocycles. The minimum Gasteiger partial charge on any atom is -0.359 e. The van der Waals surface area contributed by atoms with Crippen molar-refractivity contribution in [2.45, 2.75) is 31.8 Å². The van der Waals surface area contributed by atoms with Crippen LogP contribution in [0.4, 0.5) is 17.1 Å². The molecule has 1 heterocycles. The quantitative estimate of drug-likeness (QED) is 0.200. The summed E-state index contributed by atoms with van der Waals surface area (Å²) in [7, 11) is 0. The number of para-hydroxylation sites is 3. The van der Waals surface area contributed by atoms with Crippen molar-refractivity contribution in [3.8, 4) is 0 Å². The van der Waals surface area contributed by atoms with E-state index in [4.69, 9.17) is 0 Å². The SMILES string of the molecule is C1=C2C(c3ccc(Cc4ccccc4)cc3)=c3ccc(C4Nc5ccccc5N4c4ccccc4)cc3=C(c3ccccc3)[C@@H]2CCC1. The van der Waals surface area contributed by atoms with E-state index in [-0.39, 0.29) is 6.17 Å². The molecule has 2 atom stereocenters. The molecule has 0 fully saturated rings. The van der Waals surface area contributed by atoms with E-state index < -0.39 is 0 Å². The average Bonchev–Trinajstić information content (AvgIpc) is 3.55. The number of nitrogens with zero attached hydrogens (tertiary/aromatic N) is 1. The Morgan fingerprint density at radius 2 is 1.29 bits per heavy atom. The van der Waals surface area contributed by atoms with Crippen molar-refractivity contribution in [3.05, 3.63) is 208 Å². The topological polar surface area (TPSA) is 15.3 Å². The molecule has 1 unspecified atom stereocenters. The second-order valence-corrected chi connectivity index (χ2v) is 13.2. The van der Waals surface area contributed by atoms with Crippen LogP contribution >= 0.6 is 0 Å². The molecule has 2 aliphatic carbocycles. The first kappa shape index (κ1) is 28.6. The van der Waals surface area contributed by atoms with Crippen molar-refractivity contribution in [1.82, 2.24) is 0 Å². The van der Waals surface area contributed by atoms with E-state index in [0.717, 1.165) is 18.5 Å². The van der Waals surface area contributed by atoms with E-state index in [0.29, 0.717) is 5.92 Å². The molecular formula is C46H38N2. The molecule has 48 heavy (non-hydrogen) atoms. The highest BCUT2D eigenvalue weighted by Crippen LogP contribution is 2.46. The summed E-state index contributed by atoms with van der Waals surface area (Å²) in [4.78, 5) is 2.45. The Hall–Kier alpha value is -5.60. The molecule has 6 aromatic carbocycles. The summed E-state index contributed by atoms with van der Waals surface area (Å²) < 4.78 is 0. The number of hydrogen-bond acceptors (Lipinski definition) is 2. The average molecular weight is 619 g/mol. The Bertz CT molecular complexity index is 2250. The number of nitrogens with one attached hydrogen (secondary N) is 1. The zero-order valence-electron chi connectivity index (χ0n) is 27.0. The lowest BCUT2D eigenvalue weighted by atomic mass is 9.71. The largest absolute Gasteiger partial charge is 0.359 e. The molecule has 1 N–H and O–H groups in total. The molecule has 9 rings (SSSR count). The van der Waals surface area contributed by atoms with Crippen LogP contribution in [0.15, 0.2) is 169 Å². The number of fused-ring (bicyclic) bond motifs is 3. The molecule has 3 aliphatic rings. The van der Waals surface area contributed by atoms with Gasteiger partial charge in [0.15, 0.2) is 0 Å². The Labute approximate surface area is 283 Å². The predicted molar refractivity (Wildman–Crippen MR) is 200 cm³/mol. The first-order valence-electron chi connectivity index (χ1n) is 17.3. The molecular weight excluding hydrogens is 581 g/mol. The first-order valence-corrected chi connectivity index (χ1v) is 17.3. The predicted octanol–water partition coefficient (Wildman–Crippen LogP) is 9.68. The lowest BCUT2D eigenvalue weighted by Gasteiger charge is -2.33. The standard InChI is InChI=1S/C46H38N2/c1-4-14-32(15-5-1)30-33-24-26-35(27-25-33)44-38-20-10-11-21-39(38)45(34-16-6-2-7-17-34)41-31-36(28-29-40(41)44)46-47-42-22-12-13-23-43(42)48(46)37-18-8-3-9-19-37/h1-9,12-20,22-29,31,39,46-47H,10-11,21,30H2/t39-,46?/m1/s1. The van der Waals surface area contributed by atoms with Crippen molar-refractivity contribution >= 4 is 28.2 Å². The molecule has 0 bridgehead atoms. The van der Waals surface area contributed by atoms with Gasteiger partial charge in [-0.2, -0.15) is 0 Å². The molecule has 0 aromatic heterocycles. The maximum absolute atomic E-state index is 3.88. The van der Waals surface area contributed by atoms with E-state index in [1.807, 2.05) is 0 Å². The normalized spacial score (nSPS) is 18.0. The van der Waals surface area contributed by atoms with Gasteiger partial charge in [0.05, 0.1) is 11.4 Å². The number of allylic oxidation sites excluding steroid dienone is 2. The molecule has 6 aromatic rings. The maximum Gasteiger partial charge on any atom is 0.130 e. The van der Waals surface area contributed by atoms with Gasteiger partial charge < -0.3 is 10.2 Å². The fourth-order valence-electron chi connectivity index (χ4n) is 8.15. The van der Waals surface area contributed by atoms with Gasteiger partial charge >= 0.3 is 0 Å². The lowest BCUT2D eigenvalue weighted by Crippen LogP contribution is -2.39. The highest BCUT2D eigenvalue weighted by Gasteiger charge is 2.33. The molecule has 0 radical (unpaired) electrons. The number of anilines is 3. The van der Waals surface area contributed by atoms with Crippen molar-refractivity contribution in [3.63, 3.8) is 0 Å². The molecule has 0 saturated heterocycles. The summed E-state index contributed by atoms with van der Waals surface area (Å²) in [6.07, 6.45) is 6.97. The fraction of sp³-hybridized carbons (Fsp3) is 0.130. The van der Waals surface area contributed by atoms with Crippen molar-refractivity contribution in [2.24, 2.45) is 5.92 Å². The summed E-state index contributed by atoms with van der Waals surface area (Å²) in [5, 5.41) is 6.58. The van der Waals surface area contributed by atoms with Crippen LogP contribution in [0.5, 0.6) is 0 Å². The van der Waals surface area contributed by atoms with Gasteiger partial charge in [-0.05, 0) is 111 Å². The van der Waals surface area contributed by atoms with Crippen LogP contribution in [0.1, 0.15) is 53.2 Å². The zero-order chi connectivity index (χ0) is 31.9. The Morgan fingerprint density at radius 3 is 2.08 bits per heavy atom. The van der Waals surface area contributed by atoms with E-state index in [2.05, 4.69) is 174 Å². The summed E-state index contributed by atoms with van der Waals surface area (Å²) >= 11 is 0. The number of rotatable bonds is 6. The van der Waals surface area contributed by atoms with Crippen molar-refractivity contribution in [2.75, 3.05) is 10.2 Å². The van der Waals surface area contributed by atoms with E-state index in [1.54, 1.807) is 0 Å². The molecule has 0 amide bonds. The van der Waals surface area contributed by atoms with E-state index >= 15 is 0 Å². The lowest BCUT2D eigenvalue weighted by molar-refractivity contribution is 0.619. The van der Waals surface area contributed by atoms with Crippen molar-refractivity contribution in [1.29, 1.82) is 0 Å². The molecule has 1 aliphatic heterocycles. The summed E-state index contributed by atoms with van der Waals surface area (Å²) in [5.74, 6) is 0.363. The summed E-state index contributed by atoms with van der Waals surface area (Å²) in [5.41, 5.74) is 14.5. The van der Waals surface area contributed by atoms with Gasteiger partial charge in [0.2, 0.25) is 0 Å². The zero-order valence-corrected chi connectivity index (χ0v) is 27.0. The van der Waals surface area contributed by atoms with Crippen LogP contribution in [0.2, 0.25) is 0 Å². The van der Waals surface area contributed by atoms with Crippen LogP contribution in [0, 0.1) is 5.92 Å². The van der Waals surface area contributed by atoms with Crippen LogP contribution in [0.25, 0.3) is 11.1 Å². The van der Waals surface area contributed by atoms with Crippen LogP contribution in [-0.4, -0.2) is 0 Å². The summed E-state index contributed by atoms with van der Waals surface area (Å²) in [6, 6.07) is 58.0. The first-order chi connectivity index (χ1) is 23.8. The molecule has 2 nitrogen and oxygen atoms in total. The highest BCUT2D eigenvalue weighted by atomic mass is 15.3. The molecule has 2 heteroatoms. The van der Waals surface area contributed by atoms with Crippen LogP contribution < -0.4 is 20.7 Å². The number of hydrogen-bond donors (Lipinski definition) is 1. The third-order valence-corrected chi connectivity index (χ3v) is 10.3. The van der Waals surface area contributed by atoms with Gasteiger partial charge in [-0.1, -0.05) is 133 Å². The number of benzene rings is 6. The Balaban J connectivity index is 1.25. The minimum absolute atomic E-state index is 0.0175. The second-order valence-electron chi connectivity index (χ2n) is 13.2. The van der Waals surface area contributed by atoms with Gasteiger partial charge in [-0.25, -0.2) is 0 Å². The smallest absolute Gasteiger partial charge is 0.130 e. The van der Waals surface area contributed by atoms with Gasteiger partial charge in [-0.15, -0.1) is 0 Å².